The molecule has 0 atom stereocenters. The molecule has 0 fully saturated rings. The summed E-state index contributed by atoms with van der Waals surface area (Å²) in [5.41, 5.74) is 0.520. The second-order valence-corrected chi connectivity index (χ2v) is 7.72. The maximum Gasteiger partial charge on any atom is 0.402 e. The Balaban J connectivity index is 2.97. The number of benzene rings is 1. The van der Waals surface area contributed by atoms with Crippen LogP contribution in [-0.2, 0) is 20.5 Å². The molecular formula is C15H20F3NO4S. The van der Waals surface area contributed by atoms with E-state index in [2.05, 4.69) is 4.74 Å². The van der Waals surface area contributed by atoms with Crippen LogP contribution >= 0.6 is 0 Å². The Kier molecular flexibility index (Phi) is 6.79. The summed E-state index contributed by atoms with van der Waals surface area (Å²) >= 11 is 0. The summed E-state index contributed by atoms with van der Waals surface area (Å²) in [7, 11) is -2.94. The fraction of sp³-hybridized carbons (Fsp3) is 0.533. The van der Waals surface area contributed by atoms with Crippen molar-refractivity contribution in [3.63, 3.8) is 0 Å². The van der Waals surface area contributed by atoms with Crippen molar-refractivity contribution in [2.45, 2.75) is 25.8 Å². The van der Waals surface area contributed by atoms with Gasteiger partial charge in [-0.05, 0) is 23.6 Å². The number of halogens is 3. The number of ether oxygens (including phenoxy) is 1. The largest absolute Gasteiger partial charge is 0.465 e. The first kappa shape index (κ1) is 20.4. The molecule has 9 heteroatoms. The van der Waals surface area contributed by atoms with Crippen molar-refractivity contribution in [1.29, 1.82) is 0 Å². The van der Waals surface area contributed by atoms with Gasteiger partial charge in [0.25, 0.3) is 0 Å². The van der Waals surface area contributed by atoms with Gasteiger partial charge in [-0.1, -0.05) is 26.0 Å². The van der Waals surface area contributed by atoms with Crippen LogP contribution in [0.15, 0.2) is 24.3 Å². The molecule has 0 N–H and O–H groups in total. The van der Waals surface area contributed by atoms with Crippen molar-refractivity contribution in [2.24, 2.45) is 5.92 Å². The third-order valence-corrected chi connectivity index (χ3v) is 4.81. The zero-order chi connectivity index (χ0) is 18.5. The molecule has 1 aromatic carbocycles. The van der Waals surface area contributed by atoms with E-state index in [0.717, 1.165) is 0 Å². The maximum absolute atomic E-state index is 12.6. The second-order valence-electron chi connectivity index (χ2n) is 5.75. The molecule has 0 saturated carbocycles. The Morgan fingerprint density at radius 3 is 2.17 bits per heavy atom. The SMILES string of the molecule is COC(=O)c1ccc(CS(=O)(=O)N(CC(C)C)CC(F)(F)F)cc1. The standard InChI is InChI=1S/C15H20F3NO4S/c1-11(2)8-19(10-15(16,17)18)24(21,22)9-12-4-6-13(7-5-12)14(20)23-3/h4-7,11H,8-10H2,1-3H3. The van der Waals surface area contributed by atoms with E-state index < -0.39 is 34.5 Å². The van der Waals surface area contributed by atoms with Gasteiger partial charge in [-0.2, -0.15) is 17.5 Å². The predicted octanol–water partition coefficient (Wildman–Crippen LogP) is 2.82. The van der Waals surface area contributed by atoms with Crippen molar-refractivity contribution >= 4 is 16.0 Å². The zero-order valence-corrected chi connectivity index (χ0v) is 14.4. The molecule has 0 unspecified atom stereocenters. The molecule has 0 aliphatic carbocycles. The van der Waals surface area contributed by atoms with Crippen molar-refractivity contribution in [3.8, 4) is 0 Å². The molecule has 0 amide bonds. The van der Waals surface area contributed by atoms with Gasteiger partial charge < -0.3 is 4.74 Å². The number of sulfonamides is 1. The van der Waals surface area contributed by atoms with E-state index >= 15 is 0 Å². The summed E-state index contributed by atoms with van der Waals surface area (Å²) in [5, 5.41) is 0. The van der Waals surface area contributed by atoms with Gasteiger partial charge in [-0.15, -0.1) is 0 Å². The third kappa shape index (κ3) is 6.48. The quantitative estimate of drug-likeness (QED) is 0.695. The summed E-state index contributed by atoms with van der Waals surface area (Å²) in [4.78, 5) is 11.3. The number of rotatable bonds is 7. The van der Waals surface area contributed by atoms with Crippen LogP contribution in [0.5, 0.6) is 0 Å². The molecule has 136 valence electrons. The highest BCUT2D eigenvalue weighted by atomic mass is 32.2. The number of carbonyl (C=O) groups is 1. The molecule has 0 heterocycles. The van der Waals surface area contributed by atoms with Crippen molar-refractivity contribution in [3.05, 3.63) is 35.4 Å². The molecule has 0 aromatic heterocycles. The first-order chi connectivity index (χ1) is 10.9. The second kappa shape index (κ2) is 7.98. The highest BCUT2D eigenvalue weighted by molar-refractivity contribution is 7.88. The van der Waals surface area contributed by atoms with Gasteiger partial charge in [0, 0.05) is 6.54 Å². The summed E-state index contributed by atoms with van der Waals surface area (Å²) in [5.74, 6) is -1.40. The molecule has 0 spiro atoms. The Labute approximate surface area is 139 Å². The lowest BCUT2D eigenvalue weighted by Crippen LogP contribution is -2.41. The van der Waals surface area contributed by atoms with Gasteiger partial charge in [0.15, 0.2) is 0 Å². The lowest BCUT2D eigenvalue weighted by atomic mass is 10.1. The minimum atomic E-state index is -4.61. The highest BCUT2D eigenvalue weighted by Gasteiger charge is 2.36. The van der Waals surface area contributed by atoms with Crippen LogP contribution in [0.4, 0.5) is 13.2 Å². The number of carbonyl (C=O) groups excluding carboxylic acids is 1. The van der Waals surface area contributed by atoms with E-state index in [1.165, 1.54) is 31.4 Å². The summed E-state index contributed by atoms with van der Waals surface area (Å²) in [6, 6.07) is 5.50. The number of esters is 1. The molecule has 0 radical (unpaired) electrons. The van der Waals surface area contributed by atoms with E-state index in [-0.39, 0.29) is 18.0 Å². The van der Waals surface area contributed by atoms with Crippen LogP contribution in [0, 0.1) is 5.92 Å². The zero-order valence-electron chi connectivity index (χ0n) is 13.6. The maximum atomic E-state index is 12.6. The molecule has 0 bridgehead atoms. The van der Waals surface area contributed by atoms with Crippen LogP contribution in [-0.4, -0.2) is 45.1 Å². The Morgan fingerprint density at radius 2 is 1.75 bits per heavy atom. The summed E-state index contributed by atoms with van der Waals surface area (Å²) in [6.07, 6.45) is -4.61. The molecule has 0 aliphatic heterocycles. The first-order valence-corrected chi connectivity index (χ1v) is 8.77. The van der Waals surface area contributed by atoms with Gasteiger partial charge in [-0.3, -0.25) is 0 Å². The van der Waals surface area contributed by atoms with Crippen molar-refractivity contribution in [2.75, 3.05) is 20.2 Å². The first-order valence-electron chi connectivity index (χ1n) is 7.16. The van der Waals surface area contributed by atoms with Gasteiger partial charge in [0.1, 0.15) is 6.54 Å². The fourth-order valence-corrected chi connectivity index (χ4v) is 3.71. The average molecular weight is 367 g/mol. The molecule has 1 rings (SSSR count). The van der Waals surface area contributed by atoms with Crippen LogP contribution < -0.4 is 0 Å². The molecular weight excluding hydrogens is 347 g/mol. The van der Waals surface area contributed by atoms with E-state index in [9.17, 15) is 26.4 Å². The Bertz CT molecular complexity index is 654. The van der Waals surface area contributed by atoms with Crippen LogP contribution in [0.25, 0.3) is 0 Å². The van der Waals surface area contributed by atoms with Gasteiger partial charge in [0.05, 0.1) is 18.4 Å². The molecule has 0 aliphatic rings. The van der Waals surface area contributed by atoms with Gasteiger partial charge in [-0.25, -0.2) is 13.2 Å². The predicted molar refractivity (Wildman–Crippen MR) is 82.9 cm³/mol. The van der Waals surface area contributed by atoms with Crippen LogP contribution in [0.1, 0.15) is 29.8 Å². The van der Waals surface area contributed by atoms with E-state index in [1.54, 1.807) is 13.8 Å². The van der Waals surface area contributed by atoms with Gasteiger partial charge in [0.2, 0.25) is 10.0 Å². The summed E-state index contributed by atoms with van der Waals surface area (Å²) < 4.78 is 67.6. The lowest BCUT2D eigenvalue weighted by molar-refractivity contribution is -0.136. The molecule has 24 heavy (non-hydrogen) atoms. The molecule has 1 aromatic rings. The minimum absolute atomic E-state index is 0.220. The number of hydrogen-bond donors (Lipinski definition) is 0. The lowest BCUT2D eigenvalue weighted by Gasteiger charge is -2.25. The number of nitrogens with zero attached hydrogens (tertiary/aromatic N) is 1. The van der Waals surface area contributed by atoms with Crippen LogP contribution in [0.3, 0.4) is 0 Å². The Morgan fingerprint density at radius 1 is 1.21 bits per heavy atom. The monoisotopic (exact) mass is 367 g/mol. The van der Waals surface area contributed by atoms with Crippen molar-refractivity contribution in [1.82, 2.24) is 4.31 Å². The normalized spacial score (nSPS) is 12.7. The minimum Gasteiger partial charge on any atom is -0.465 e. The fourth-order valence-electron chi connectivity index (χ4n) is 2.04. The topological polar surface area (TPSA) is 63.7 Å². The van der Waals surface area contributed by atoms with Crippen LogP contribution in [0.2, 0.25) is 0 Å². The third-order valence-electron chi connectivity index (χ3n) is 3.04. The smallest absolute Gasteiger partial charge is 0.402 e. The van der Waals surface area contributed by atoms with E-state index in [4.69, 9.17) is 0 Å². The number of hydrogen-bond acceptors (Lipinski definition) is 4. The number of methoxy groups -OCH3 is 1. The van der Waals surface area contributed by atoms with Gasteiger partial charge >= 0.3 is 12.1 Å². The van der Waals surface area contributed by atoms with E-state index in [1.807, 2.05) is 0 Å². The summed E-state index contributed by atoms with van der Waals surface area (Å²) in [6.45, 7) is 1.55. The van der Waals surface area contributed by atoms with E-state index in [0.29, 0.717) is 9.87 Å². The number of alkyl halides is 3. The molecule has 5 nitrogen and oxygen atoms in total. The highest BCUT2D eigenvalue weighted by Crippen LogP contribution is 2.22. The Hall–Kier alpha value is -1.61. The average Bonchev–Trinajstić information content (AvgIpc) is 2.44. The molecule has 0 saturated heterocycles. The van der Waals surface area contributed by atoms with Crippen molar-refractivity contribution < 1.29 is 31.1 Å².